The first-order chi connectivity index (χ1) is 7.17. The van der Waals surface area contributed by atoms with E-state index in [-0.39, 0.29) is 11.9 Å². The zero-order valence-corrected chi connectivity index (χ0v) is 10.4. The number of hydrogen-bond acceptors (Lipinski definition) is 6. The zero-order chi connectivity index (χ0) is 12.4. The van der Waals surface area contributed by atoms with Crippen LogP contribution in [-0.4, -0.2) is 11.2 Å². The molecule has 0 saturated carbocycles. The highest BCUT2D eigenvalue weighted by molar-refractivity contribution is 4.88. The van der Waals surface area contributed by atoms with Crippen molar-refractivity contribution >= 4 is 0 Å². The third-order valence-corrected chi connectivity index (χ3v) is 1.07. The first-order valence-electron chi connectivity index (χ1n) is 4.97. The van der Waals surface area contributed by atoms with Gasteiger partial charge in [-0.3, -0.25) is 9.78 Å². The summed E-state index contributed by atoms with van der Waals surface area (Å²) in [5.74, 6) is -0.00153. The number of hydrogen-bond donors (Lipinski definition) is 0. The maximum absolute atomic E-state index is 5.04. The molecule has 0 bridgehead atoms. The van der Waals surface area contributed by atoms with Gasteiger partial charge in [0.2, 0.25) is 0 Å². The van der Waals surface area contributed by atoms with Crippen LogP contribution in [0, 0.1) is 0 Å². The summed E-state index contributed by atoms with van der Waals surface area (Å²) in [7, 11) is 0. The minimum absolute atomic E-state index is 0.0912. The lowest BCUT2D eigenvalue weighted by atomic mass is 10.2. The van der Waals surface area contributed by atoms with Gasteiger partial charge < -0.3 is 0 Å². The maximum atomic E-state index is 5.04. The van der Waals surface area contributed by atoms with Crippen molar-refractivity contribution in [2.24, 2.45) is 0 Å². The van der Waals surface area contributed by atoms with Gasteiger partial charge in [0.25, 0.3) is 0 Å². The van der Waals surface area contributed by atoms with Gasteiger partial charge in [0, 0.05) is 0 Å². The fourth-order valence-corrected chi connectivity index (χ4v) is 0.496. The monoisotopic (exact) mass is 234 g/mol. The van der Waals surface area contributed by atoms with Crippen LogP contribution in [0.3, 0.4) is 0 Å². The fourth-order valence-electron chi connectivity index (χ4n) is 0.496. The van der Waals surface area contributed by atoms with Crippen LogP contribution in [0.15, 0.2) is 11.9 Å². The molecule has 0 aromatic carbocycles. The molecule has 0 amide bonds. The molecule has 1 saturated heterocycles. The second-order valence-electron chi connectivity index (χ2n) is 5.30. The van der Waals surface area contributed by atoms with Gasteiger partial charge >= 0.3 is 11.9 Å². The van der Waals surface area contributed by atoms with Gasteiger partial charge in [0.15, 0.2) is 0 Å². The van der Waals surface area contributed by atoms with E-state index in [1.165, 1.54) is 0 Å². The Balaban J connectivity index is 2.43. The molecular formula is C10H18O6. The summed E-state index contributed by atoms with van der Waals surface area (Å²) in [5, 5.41) is 0. The summed E-state index contributed by atoms with van der Waals surface area (Å²) in [6, 6.07) is 0. The zero-order valence-electron chi connectivity index (χ0n) is 10.4. The van der Waals surface area contributed by atoms with Crippen LogP contribution in [-0.2, 0) is 29.3 Å². The molecule has 0 aromatic rings. The topological polar surface area (TPSA) is 62.0 Å². The van der Waals surface area contributed by atoms with Crippen molar-refractivity contribution in [3.63, 3.8) is 0 Å². The number of rotatable bonds is 4. The van der Waals surface area contributed by atoms with Crippen molar-refractivity contribution in [1.82, 2.24) is 0 Å². The van der Waals surface area contributed by atoms with E-state index in [4.69, 9.17) is 19.6 Å². The van der Waals surface area contributed by atoms with Crippen LogP contribution < -0.4 is 0 Å². The van der Waals surface area contributed by atoms with E-state index in [1.807, 2.05) is 41.5 Å². The Bertz CT molecular complexity index is 244. The van der Waals surface area contributed by atoms with Crippen LogP contribution in [0.25, 0.3) is 0 Å². The van der Waals surface area contributed by atoms with Gasteiger partial charge in [-0.15, -0.1) is 0 Å². The van der Waals surface area contributed by atoms with E-state index >= 15 is 0 Å². The Morgan fingerprint density at radius 3 is 1.44 bits per heavy atom. The Morgan fingerprint density at radius 2 is 1.19 bits per heavy atom. The minimum atomic E-state index is -0.480. The van der Waals surface area contributed by atoms with Crippen LogP contribution in [0.4, 0.5) is 0 Å². The van der Waals surface area contributed by atoms with Gasteiger partial charge in [-0.05, 0) is 41.5 Å². The normalized spacial score (nSPS) is 15.0. The summed E-state index contributed by atoms with van der Waals surface area (Å²) < 4.78 is 0. The third kappa shape index (κ3) is 5.67. The van der Waals surface area contributed by atoms with E-state index in [0.717, 1.165) is 0 Å². The molecule has 1 rings (SSSR count). The highest BCUT2D eigenvalue weighted by atomic mass is 17.4. The molecule has 0 spiro atoms. The van der Waals surface area contributed by atoms with Crippen molar-refractivity contribution < 1.29 is 29.3 Å². The van der Waals surface area contributed by atoms with Gasteiger partial charge in [0.05, 0.1) is 0 Å². The molecule has 0 unspecified atom stereocenters. The lowest BCUT2D eigenvalue weighted by Crippen LogP contribution is -2.22. The summed E-state index contributed by atoms with van der Waals surface area (Å²) in [6.07, 6.45) is 0. The third-order valence-electron chi connectivity index (χ3n) is 1.07. The molecule has 1 aliphatic heterocycles. The van der Waals surface area contributed by atoms with Crippen LogP contribution in [0.2, 0.25) is 0 Å². The molecule has 0 atom stereocenters. The molecule has 0 aliphatic carbocycles. The Labute approximate surface area is 94.8 Å². The molecule has 0 radical (unpaired) electrons. The van der Waals surface area contributed by atoms with Crippen molar-refractivity contribution in [2.75, 3.05) is 0 Å². The first kappa shape index (κ1) is 12.9. The highest BCUT2D eigenvalue weighted by Gasteiger charge is 2.34. The quantitative estimate of drug-likeness (QED) is 0.322. The summed E-state index contributed by atoms with van der Waals surface area (Å²) >= 11 is 0. The van der Waals surface area contributed by atoms with E-state index in [1.54, 1.807) is 0 Å². The summed E-state index contributed by atoms with van der Waals surface area (Å²) in [5.41, 5.74) is -0.961. The molecule has 1 fully saturated rings. The van der Waals surface area contributed by atoms with Gasteiger partial charge in [0.1, 0.15) is 11.2 Å². The maximum Gasteiger partial charge on any atom is 0.464 e. The van der Waals surface area contributed by atoms with E-state index in [0.29, 0.717) is 0 Å². The Kier molecular flexibility index (Phi) is 3.54. The van der Waals surface area contributed by atoms with Crippen LogP contribution >= 0.6 is 0 Å². The van der Waals surface area contributed by atoms with Crippen molar-refractivity contribution in [2.45, 2.75) is 52.7 Å². The average Bonchev–Trinajstić information content (AvgIpc) is 2.83. The molecule has 94 valence electrons. The van der Waals surface area contributed by atoms with Crippen LogP contribution in [0.1, 0.15) is 41.5 Å². The molecule has 1 aliphatic rings. The minimum Gasteiger partial charge on any atom is -0.286 e. The molecular weight excluding hydrogens is 216 g/mol. The molecule has 1 heterocycles. The van der Waals surface area contributed by atoms with Gasteiger partial charge in [-0.2, -0.15) is 9.78 Å². The lowest BCUT2D eigenvalue weighted by molar-refractivity contribution is -0.416. The predicted molar refractivity (Wildman–Crippen MR) is 53.0 cm³/mol. The van der Waals surface area contributed by atoms with E-state index < -0.39 is 11.2 Å². The van der Waals surface area contributed by atoms with E-state index in [2.05, 4.69) is 9.78 Å². The highest BCUT2D eigenvalue weighted by Crippen LogP contribution is 2.26. The van der Waals surface area contributed by atoms with Gasteiger partial charge in [-0.25, -0.2) is 9.78 Å². The average molecular weight is 234 g/mol. The molecule has 6 heteroatoms. The largest absolute Gasteiger partial charge is 0.464 e. The second kappa shape index (κ2) is 4.39. The smallest absolute Gasteiger partial charge is 0.286 e. The van der Waals surface area contributed by atoms with Crippen LogP contribution in [0.5, 0.6) is 0 Å². The van der Waals surface area contributed by atoms with Crippen molar-refractivity contribution in [1.29, 1.82) is 0 Å². The van der Waals surface area contributed by atoms with Gasteiger partial charge in [-0.1, -0.05) is 0 Å². The Hall–Kier alpha value is -1.14. The first-order valence-corrected chi connectivity index (χ1v) is 4.97. The van der Waals surface area contributed by atoms with Crippen molar-refractivity contribution in [3.05, 3.63) is 11.9 Å². The summed E-state index contributed by atoms with van der Waals surface area (Å²) in [4.78, 5) is 28.8. The van der Waals surface area contributed by atoms with Crippen molar-refractivity contribution in [3.8, 4) is 0 Å². The molecule has 6 nitrogen and oxygen atoms in total. The predicted octanol–water partition coefficient (Wildman–Crippen LogP) is 2.57. The standard InChI is InChI=1S/C10H18O6/c1-9(2,3)15-13-8(7-11-12-7)14-16-10(4,5)6/h1-6H3. The lowest BCUT2D eigenvalue weighted by Gasteiger charge is -2.20. The SMILES string of the molecule is CC(C)(C)OOC(OOC(C)(C)C)=C1OO1. The molecule has 0 N–H and O–H groups in total. The fraction of sp³-hybridized carbons (Fsp3) is 0.800. The molecule has 16 heavy (non-hydrogen) atoms. The molecule has 0 aromatic heterocycles. The Morgan fingerprint density at radius 1 is 0.812 bits per heavy atom. The second-order valence-corrected chi connectivity index (χ2v) is 5.30. The van der Waals surface area contributed by atoms with E-state index in [9.17, 15) is 0 Å². The summed E-state index contributed by atoms with van der Waals surface area (Å²) in [6.45, 7) is 11.0.